The first kappa shape index (κ1) is 41.5. The van der Waals surface area contributed by atoms with Gasteiger partial charge in [0.25, 0.3) is 5.56 Å². The zero-order valence-corrected chi connectivity index (χ0v) is 31.5. The van der Waals surface area contributed by atoms with Crippen molar-refractivity contribution in [3.8, 4) is 22.9 Å². The Kier molecular flexibility index (Phi) is 12.7. The van der Waals surface area contributed by atoms with E-state index in [1.807, 2.05) is 6.07 Å². The van der Waals surface area contributed by atoms with Crippen LogP contribution in [-0.2, 0) is 42.2 Å². The van der Waals surface area contributed by atoms with Crippen molar-refractivity contribution in [1.29, 1.82) is 0 Å². The monoisotopic (exact) mass is 823 g/mol. The van der Waals surface area contributed by atoms with E-state index in [0.29, 0.717) is 27.8 Å². The van der Waals surface area contributed by atoms with Gasteiger partial charge >= 0.3 is 17.4 Å². The van der Waals surface area contributed by atoms with Crippen LogP contribution in [0.3, 0.4) is 0 Å². The molecule has 0 spiro atoms. The number of amides is 1. The number of carbonyl (C=O) groups is 1. The van der Waals surface area contributed by atoms with Gasteiger partial charge in [0.05, 0.1) is 38.2 Å². The standard InChI is InChI=1S/C18H16N4O5S.C16H15N5O4S.Cr/c1-10(23)20-13-4-2-3-11-5-7-16(25)18(17(11)13)22-21-14-9-12(28(19,26)27)6-8-15(14)24;1-10-15(16(23)21(20-10)11-5-3-2-4-6-11)19-18-13-9-12(26(17,24)25)7-8-14(13)22;/h2-9,24-25H,1H3,(H,20,23)(H2,19,26,27);2-9,20,22H,1H3,(H2,17,24,25);/q;;+3/p-2. The largest absolute Gasteiger partial charge is 3.00 e. The van der Waals surface area contributed by atoms with Crippen molar-refractivity contribution in [1.82, 2.24) is 9.78 Å². The number of H-pyrrole nitrogens is 1. The number of nitrogens with one attached hydrogen (secondary N) is 2. The number of nitrogens with zero attached hydrogens (tertiary/aromatic N) is 5. The molecule has 6 aromatic rings. The van der Waals surface area contributed by atoms with Gasteiger partial charge in [0.2, 0.25) is 26.0 Å². The van der Waals surface area contributed by atoms with Crippen LogP contribution < -0.4 is 31.4 Å². The van der Waals surface area contributed by atoms with Gasteiger partial charge in [-0.15, -0.1) is 10.2 Å². The van der Waals surface area contributed by atoms with Gasteiger partial charge in [-0.2, -0.15) is 10.2 Å². The number of benzene rings is 5. The number of hydrogen-bond acceptors (Lipinski definition) is 13. The third kappa shape index (κ3) is 9.86. The van der Waals surface area contributed by atoms with Crippen molar-refractivity contribution in [3.63, 3.8) is 0 Å². The van der Waals surface area contributed by atoms with Crippen molar-refractivity contribution in [2.75, 3.05) is 5.32 Å². The van der Waals surface area contributed by atoms with Crippen molar-refractivity contribution in [2.45, 2.75) is 23.6 Å². The number of phenols is 1. The molecule has 0 saturated carbocycles. The van der Waals surface area contributed by atoms with E-state index in [0.717, 1.165) is 36.4 Å². The van der Waals surface area contributed by atoms with Gasteiger partial charge in [0, 0.05) is 12.3 Å². The Morgan fingerprint density at radius 1 is 0.764 bits per heavy atom. The van der Waals surface area contributed by atoms with Crippen molar-refractivity contribution >= 4 is 65.2 Å². The minimum Gasteiger partial charge on any atom is -0.871 e. The fourth-order valence-electron chi connectivity index (χ4n) is 4.87. The van der Waals surface area contributed by atoms with Crippen LogP contribution in [0.15, 0.2) is 132 Å². The first-order valence-electron chi connectivity index (χ1n) is 15.3. The number of aromatic amines is 1. The molecule has 7 N–H and O–H groups in total. The summed E-state index contributed by atoms with van der Waals surface area (Å²) in [4.78, 5) is 23.4. The Balaban J connectivity index is 0.000000241. The van der Waals surface area contributed by atoms with E-state index < -0.39 is 37.1 Å². The van der Waals surface area contributed by atoms with E-state index in [9.17, 15) is 41.7 Å². The summed E-state index contributed by atoms with van der Waals surface area (Å²) >= 11 is 0. The molecule has 0 bridgehead atoms. The number of para-hydroxylation sites is 1. The molecular formula is C34H29CrN9O9S2+. The van der Waals surface area contributed by atoms with Gasteiger partial charge in [0.15, 0.2) is 5.69 Å². The van der Waals surface area contributed by atoms with Crippen molar-refractivity contribution in [3.05, 3.63) is 113 Å². The fraction of sp³-hybridized carbons (Fsp3) is 0.0588. The SMILES string of the molecule is CC(=O)Nc1cccc2ccc(O)c(N=Nc3cc(S(N)(=O)=O)ccc3[O-])c12.Cc1[nH]n(-c2ccccc2)c(=O)c1N=Nc1cc(S(N)(=O)=O)ccc1[O-].[Cr+3]. The summed E-state index contributed by atoms with van der Waals surface area (Å²) in [6, 6.07) is 23.2. The molecule has 6 rings (SSSR count). The summed E-state index contributed by atoms with van der Waals surface area (Å²) in [5, 5.41) is 66.1. The van der Waals surface area contributed by atoms with E-state index in [4.69, 9.17) is 10.3 Å². The van der Waals surface area contributed by atoms with Crippen LogP contribution >= 0.6 is 0 Å². The molecule has 0 aliphatic heterocycles. The molecule has 5 aromatic carbocycles. The summed E-state index contributed by atoms with van der Waals surface area (Å²) < 4.78 is 47.0. The molecule has 0 atom stereocenters. The number of aromatic nitrogens is 2. The number of phenolic OH excluding ortho intramolecular Hbond substituents is 1. The zero-order valence-electron chi connectivity index (χ0n) is 28.6. The molecule has 0 fully saturated rings. The van der Waals surface area contributed by atoms with E-state index in [1.54, 1.807) is 55.5 Å². The Labute approximate surface area is 323 Å². The second-order valence-corrected chi connectivity index (χ2v) is 14.5. The first-order valence-corrected chi connectivity index (χ1v) is 18.4. The molecule has 1 radical (unpaired) electrons. The number of anilines is 1. The smallest absolute Gasteiger partial charge is 0.871 e. The number of fused-ring (bicyclic) bond motifs is 1. The van der Waals surface area contributed by atoms with Crippen molar-refractivity contribution < 1.29 is 54.3 Å². The second kappa shape index (κ2) is 16.9. The Morgan fingerprint density at radius 2 is 1.31 bits per heavy atom. The molecule has 21 heteroatoms. The van der Waals surface area contributed by atoms with Crippen LogP contribution in [0.4, 0.5) is 28.4 Å². The zero-order chi connectivity index (χ0) is 39.4. The molecule has 0 aliphatic carbocycles. The minimum atomic E-state index is -4.03. The number of azo groups is 2. The van der Waals surface area contributed by atoms with E-state index in [2.05, 4.69) is 30.9 Å². The Bertz CT molecular complexity index is 2750. The third-order valence-corrected chi connectivity index (χ3v) is 9.22. The number of hydrogen-bond donors (Lipinski definition) is 5. The van der Waals surface area contributed by atoms with Crippen LogP contribution in [0.5, 0.6) is 17.2 Å². The Hall–Kier alpha value is -6.21. The predicted molar refractivity (Wildman–Crippen MR) is 194 cm³/mol. The van der Waals surface area contributed by atoms with E-state index >= 15 is 0 Å². The molecule has 281 valence electrons. The molecule has 0 aliphatic rings. The molecule has 55 heavy (non-hydrogen) atoms. The summed E-state index contributed by atoms with van der Waals surface area (Å²) in [5.74, 6) is -1.67. The van der Waals surface area contributed by atoms with Gasteiger partial charge < -0.3 is 20.6 Å². The summed E-state index contributed by atoms with van der Waals surface area (Å²) in [6.45, 7) is 2.97. The second-order valence-electron chi connectivity index (χ2n) is 11.3. The minimum absolute atomic E-state index is 0. The maximum Gasteiger partial charge on any atom is 3.00 e. The van der Waals surface area contributed by atoms with Crippen LogP contribution in [0.25, 0.3) is 16.5 Å². The normalized spacial score (nSPS) is 11.6. The molecule has 1 heterocycles. The van der Waals surface area contributed by atoms with E-state index in [1.165, 1.54) is 17.7 Å². The quantitative estimate of drug-likeness (QED) is 0.137. The molecule has 0 saturated heterocycles. The van der Waals surface area contributed by atoms with Crippen LogP contribution in [0.1, 0.15) is 12.6 Å². The third-order valence-electron chi connectivity index (χ3n) is 7.40. The predicted octanol–water partition coefficient (Wildman–Crippen LogP) is 4.25. The van der Waals surface area contributed by atoms with Crippen LogP contribution in [-0.4, -0.2) is 37.6 Å². The van der Waals surface area contributed by atoms with E-state index in [-0.39, 0.29) is 61.6 Å². The number of rotatable bonds is 8. The first-order chi connectivity index (χ1) is 25.4. The van der Waals surface area contributed by atoms with Crippen LogP contribution in [0.2, 0.25) is 0 Å². The molecule has 1 amide bonds. The van der Waals surface area contributed by atoms with Gasteiger partial charge in [-0.05, 0) is 60.8 Å². The topological polar surface area (TPSA) is 303 Å². The Morgan fingerprint density at radius 3 is 1.84 bits per heavy atom. The molecule has 18 nitrogen and oxygen atoms in total. The maximum absolute atomic E-state index is 12.5. The number of nitrogens with two attached hydrogens (primary N) is 2. The molecule has 0 unspecified atom stereocenters. The average Bonchev–Trinajstić information content (AvgIpc) is 3.39. The molecular weight excluding hydrogens is 795 g/mol. The van der Waals surface area contributed by atoms with Gasteiger partial charge in [-0.25, -0.2) is 31.8 Å². The summed E-state index contributed by atoms with van der Waals surface area (Å²) in [6.07, 6.45) is 0. The number of carbonyl (C=O) groups excluding carboxylic acids is 1. The summed E-state index contributed by atoms with van der Waals surface area (Å²) in [7, 11) is -8.01. The average molecular weight is 824 g/mol. The maximum atomic E-state index is 12.5. The van der Waals surface area contributed by atoms with Gasteiger partial charge in [0.1, 0.15) is 11.4 Å². The number of sulfonamides is 2. The molecule has 1 aromatic heterocycles. The van der Waals surface area contributed by atoms with Crippen molar-refractivity contribution in [2.24, 2.45) is 30.7 Å². The fourth-order valence-corrected chi connectivity index (χ4v) is 5.94. The number of aromatic hydroxyl groups is 1. The van der Waals surface area contributed by atoms with Crippen LogP contribution in [0, 0.1) is 6.92 Å². The van der Waals surface area contributed by atoms with Gasteiger partial charge in [-0.3, -0.25) is 14.7 Å². The number of aryl methyl sites for hydroxylation is 1. The van der Waals surface area contributed by atoms with Gasteiger partial charge in [-0.1, -0.05) is 60.0 Å². The summed E-state index contributed by atoms with van der Waals surface area (Å²) in [5.41, 5.74) is 0.530. The number of primary sulfonamides is 2.